The van der Waals surface area contributed by atoms with Gasteiger partial charge >= 0.3 is 11.9 Å². The molecule has 0 heterocycles. The maximum atomic E-state index is 12.8. The lowest BCUT2D eigenvalue weighted by atomic mass is 10.0. The molecule has 19 heavy (non-hydrogen) atoms. The summed E-state index contributed by atoms with van der Waals surface area (Å²) in [5.41, 5.74) is 0.432. The van der Waals surface area contributed by atoms with Crippen molar-refractivity contribution >= 4 is 11.9 Å². The molecular weight excluding hydrogens is 253 g/mol. The number of halogens is 1. The van der Waals surface area contributed by atoms with Crippen LogP contribution in [0.5, 0.6) is 0 Å². The smallest absolute Gasteiger partial charge is 0.325 e. The van der Waals surface area contributed by atoms with E-state index in [9.17, 15) is 19.1 Å². The van der Waals surface area contributed by atoms with E-state index in [1.54, 1.807) is 6.92 Å². The normalized spacial score (nSPS) is 12.4. The Morgan fingerprint density at radius 2 is 1.84 bits per heavy atom. The Morgan fingerprint density at radius 3 is 2.26 bits per heavy atom. The molecule has 0 fully saturated rings. The molecule has 0 saturated carbocycles. The summed E-state index contributed by atoms with van der Waals surface area (Å²) in [4.78, 5) is 23.4. The first-order valence-corrected chi connectivity index (χ1v) is 5.89. The lowest BCUT2D eigenvalue weighted by Crippen LogP contribution is -2.35. The average molecular weight is 269 g/mol. The Morgan fingerprint density at radius 1 is 1.26 bits per heavy atom. The minimum absolute atomic E-state index is 0.125. The molecule has 0 bridgehead atoms. The van der Waals surface area contributed by atoms with Crippen LogP contribution in [0.1, 0.15) is 24.9 Å². The molecule has 5 nitrogen and oxygen atoms in total. The molecule has 1 aromatic rings. The molecule has 104 valence electrons. The predicted octanol–water partition coefficient (Wildman–Crippen LogP) is 1.75. The van der Waals surface area contributed by atoms with Gasteiger partial charge in [-0.1, -0.05) is 19.1 Å². The van der Waals surface area contributed by atoms with Crippen LogP contribution in [0.4, 0.5) is 4.39 Å². The summed E-state index contributed by atoms with van der Waals surface area (Å²) < 4.78 is 12.8. The van der Waals surface area contributed by atoms with Crippen molar-refractivity contribution in [1.82, 2.24) is 4.90 Å². The van der Waals surface area contributed by atoms with Gasteiger partial charge in [0.2, 0.25) is 0 Å². The molecule has 0 spiro atoms. The highest BCUT2D eigenvalue weighted by Crippen LogP contribution is 2.21. The maximum Gasteiger partial charge on any atom is 0.325 e. The number of nitrogens with zero attached hydrogens (tertiary/aromatic N) is 1. The summed E-state index contributed by atoms with van der Waals surface area (Å²) in [7, 11) is 0. The second-order valence-electron chi connectivity index (χ2n) is 4.06. The van der Waals surface area contributed by atoms with Crippen molar-refractivity contribution in [2.75, 3.05) is 13.1 Å². The number of hydrogen-bond donors (Lipinski definition) is 2. The highest BCUT2D eigenvalue weighted by atomic mass is 19.1. The van der Waals surface area contributed by atoms with Gasteiger partial charge in [0.05, 0.1) is 6.42 Å². The number of carbonyl (C=O) groups is 2. The predicted molar refractivity (Wildman–Crippen MR) is 66.3 cm³/mol. The van der Waals surface area contributed by atoms with E-state index in [1.807, 2.05) is 0 Å². The van der Waals surface area contributed by atoms with Gasteiger partial charge in [-0.25, -0.2) is 4.39 Å². The molecule has 2 N–H and O–H groups in total. The van der Waals surface area contributed by atoms with Gasteiger partial charge in [0, 0.05) is 6.54 Å². The van der Waals surface area contributed by atoms with Gasteiger partial charge in [0.25, 0.3) is 0 Å². The maximum absolute atomic E-state index is 12.8. The summed E-state index contributed by atoms with van der Waals surface area (Å²) >= 11 is 0. The van der Waals surface area contributed by atoms with Gasteiger partial charge in [0.1, 0.15) is 11.9 Å². The van der Waals surface area contributed by atoms with Gasteiger partial charge in [-0.05, 0) is 24.2 Å². The van der Waals surface area contributed by atoms with Crippen molar-refractivity contribution in [2.24, 2.45) is 0 Å². The van der Waals surface area contributed by atoms with Crippen LogP contribution in [-0.4, -0.2) is 40.1 Å². The van der Waals surface area contributed by atoms with Gasteiger partial charge in [-0.3, -0.25) is 14.5 Å². The standard InChI is InChI=1S/C13H16FNO4/c1-2-15(8-7-11(16)17)12(13(18)19)9-3-5-10(14)6-4-9/h3-6,12H,2,7-8H2,1H3,(H,16,17)(H,18,19). The van der Waals surface area contributed by atoms with E-state index in [0.29, 0.717) is 12.1 Å². The van der Waals surface area contributed by atoms with Crippen molar-refractivity contribution in [1.29, 1.82) is 0 Å². The number of carboxylic acids is 2. The van der Waals surface area contributed by atoms with Crippen LogP contribution in [0, 0.1) is 5.82 Å². The fraction of sp³-hybridized carbons (Fsp3) is 0.385. The molecule has 0 aliphatic carbocycles. The Hall–Kier alpha value is -1.95. The van der Waals surface area contributed by atoms with E-state index in [1.165, 1.54) is 29.2 Å². The summed E-state index contributed by atoms with van der Waals surface area (Å²) in [5, 5.41) is 17.9. The summed E-state index contributed by atoms with van der Waals surface area (Å²) in [6.07, 6.45) is -0.140. The molecule has 0 aliphatic rings. The first kappa shape index (κ1) is 15.1. The fourth-order valence-corrected chi connectivity index (χ4v) is 1.86. The Labute approximate surface area is 110 Å². The topological polar surface area (TPSA) is 77.8 Å². The second kappa shape index (κ2) is 6.84. The van der Waals surface area contributed by atoms with Crippen molar-refractivity contribution < 1.29 is 24.2 Å². The number of hydrogen-bond acceptors (Lipinski definition) is 3. The van der Waals surface area contributed by atoms with Gasteiger partial charge in [-0.15, -0.1) is 0 Å². The van der Waals surface area contributed by atoms with Crippen molar-refractivity contribution in [3.63, 3.8) is 0 Å². The largest absolute Gasteiger partial charge is 0.481 e. The zero-order valence-corrected chi connectivity index (χ0v) is 10.5. The Bertz CT molecular complexity index is 446. The van der Waals surface area contributed by atoms with Crippen LogP contribution in [0.15, 0.2) is 24.3 Å². The lowest BCUT2D eigenvalue weighted by molar-refractivity contribution is -0.145. The molecule has 1 rings (SSSR count). The Balaban J connectivity index is 2.94. The SMILES string of the molecule is CCN(CCC(=O)O)C(C(=O)O)c1ccc(F)cc1. The van der Waals surface area contributed by atoms with Crippen LogP contribution in [-0.2, 0) is 9.59 Å². The lowest BCUT2D eigenvalue weighted by Gasteiger charge is -2.27. The number of likely N-dealkylation sites (N-methyl/N-ethyl adjacent to an activating group) is 1. The quantitative estimate of drug-likeness (QED) is 0.788. The summed E-state index contributed by atoms with van der Waals surface area (Å²) in [6, 6.07) is 4.21. The molecule has 0 amide bonds. The van der Waals surface area contributed by atoms with E-state index in [-0.39, 0.29) is 13.0 Å². The van der Waals surface area contributed by atoms with Gasteiger partial charge < -0.3 is 10.2 Å². The number of aliphatic carboxylic acids is 2. The first-order valence-electron chi connectivity index (χ1n) is 5.89. The molecule has 1 atom stereocenters. The zero-order valence-electron chi connectivity index (χ0n) is 10.5. The third-order valence-electron chi connectivity index (χ3n) is 2.80. The van der Waals surface area contributed by atoms with Crippen molar-refractivity contribution in [3.05, 3.63) is 35.6 Å². The van der Waals surface area contributed by atoms with Crippen LogP contribution in [0.2, 0.25) is 0 Å². The average Bonchev–Trinajstić information content (AvgIpc) is 2.35. The van der Waals surface area contributed by atoms with E-state index >= 15 is 0 Å². The van der Waals surface area contributed by atoms with Crippen LogP contribution in [0.25, 0.3) is 0 Å². The molecular formula is C13H16FNO4. The van der Waals surface area contributed by atoms with E-state index < -0.39 is 23.8 Å². The zero-order chi connectivity index (χ0) is 14.4. The van der Waals surface area contributed by atoms with Crippen LogP contribution < -0.4 is 0 Å². The molecule has 0 aliphatic heterocycles. The molecule has 0 aromatic heterocycles. The van der Waals surface area contributed by atoms with Gasteiger partial charge in [-0.2, -0.15) is 0 Å². The molecule has 0 radical (unpaired) electrons. The summed E-state index contributed by atoms with van der Waals surface area (Å²) in [6.45, 7) is 2.27. The molecule has 0 saturated heterocycles. The molecule has 1 unspecified atom stereocenters. The molecule has 6 heteroatoms. The van der Waals surface area contributed by atoms with E-state index in [4.69, 9.17) is 5.11 Å². The fourth-order valence-electron chi connectivity index (χ4n) is 1.86. The van der Waals surface area contributed by atoms with Crippen LogP contribution >= 0.6 is 0 Å². The number of benzene rings is 1. The van der Waals surface area contributed by atoms with Crippen LogP contribution in [0.3, 0.4) is 0 Å². The number of carboxylic acid groups (broad SMARTS) is 2. The monoisotopic (exact) mass is 269 g/mol. The van der Waals surface area contributed by atoms with E-state index in [2.05, 4.69) is 0 Å². The highest BCUT2D eigenvalue weighted by Gasteiger charge is 2.26. The Kier molecular flexibility index (Phi) is 5.44. The minimum atomic E-state index is -1.08. The third kappa shape index (κ3) is 4.33. The van der Waals surface area contributed by atoms with Crippen molar-refractivity contribution in [3.8, 4) is 0 Å². The van der Waals surface area contributed by atoms with E-state index in [0.717, 1.165) is 0 Å². The van der Waals surface area contributed by atoms with Crippen molar-refractivity contribution in [2.45, 2.75) is 19.4 Å². The first-order chi connectivity index (χ1) is 8.95. The summed E-state index contributed by atoms with van der Waals surface area (Å²) in [5.74, 6) is -2.51. The minimum Gasteiger partial charge on any atom is -0.481 e. The molecule has 1 aromatic carbocycles. The number of rotatable bonds is 7. The van der Waals surface area contributed by atoms with Gasteiger partial charge in [0.15, 0.2) is 0 Å². The highest BCUT2D eigenvalue weighted by molar-refractivity contribution is 5.75. The second-order valence-corrected chi connectivity index (χ2v) is 4.06. The third-order valence-corrected chi connectivity index (χ3v) is 2.80.